The first-order valence-electron chi connectivity index (χ1n) is 9.50. The number of morpholine rings is 1. The number of amides is 1. The zero-order valence-corrected chi connectivity index (χ0v) is 15.7. The molecule has 2 saturated heterocycles. The molecule has 26 heavy (non-hydrogen) atoms. The van der Waals surface area contributed by atoms with E-state index in [1.807, 2.05) is 31.0 Å². The molecular weight excluding hydrogens is 328 g/mol. The lowest BCUT2D eigenvalue weighted by Crippen LogP contribution is -2.42. The molecule has 6 heteroatoms. The van der Waals surface area contributed by atoms with Crippen LogP contribution in [-0.2, 0) is 9.53 Å². The van der Waals surface area contributed by atoms with Gasteiger partial charge in [0.25, 0.3) is 0 Å². The van der Waals surface area contributed by atoms with E-state index in [0.717, 1.165) is 63.9 Å². The molecule has 1 unspecified atom stereocenters. The molecule has 1 amide bonds. The average molecular weight is 356 g/mol. The van der Waals surface area contributed by atoms with Crippen molar-refractivity contribution < 1.29 is 9.53 Å². The van der Waals surface area contributed by atoms with Crippen LogP contribution in [0.5, 0.6) is 0 Å². The number of hydrogen-bond acceptors (Lipinski definition) is 5. The third-order valence-corrected chi connectivity index (χ3v) is 5.28. The maximum absolute atomic E-state index is 12.6. The Hall–Kier alpha value is -2.13. The molecule has 2 aliphatic heterocycles. The zero-order chi connectivity index (χ0) is 18.5. The van der Waals surface area contributed by atoms with Gasteiger partial charge in [0.2, 0.25) is 5.91 Å². The zero-order valence-electron chi connectivity index (χ0n) is 15.7. The molecule has 2 aliphatic rings. The third-order valence-electron chi connectivity index (χ3n) is 5.28. The van der Waals surface area contributed by atoms with Crippen molar-refractivity contribution in [3.63, 3.8) is 0 Å². The summed E-state index contributed by atoms with van der Waals surface area (Å²) in [4.78, 5) is 26.1. The maximum atomic E-state index is 12.6. The van der Waals surface area contributed by atoms with E-state index in [2.05, 4.69) is 15.8 Å². The largest absolute Gasteiger partial charge is 0.378 e. The van der Waals surface area contributed by atoms with Crippen molar-refractivity contribution in [3.05, 3.63) is 18.1 Å². The van der Waals surface area contributed by atoms with Crippen LogP contribution < -0.4 is 4.90 Å². The molecule has 0 saturated carbocycles. The number of likely N-dealkylation sites (tertiary alicyclic amines) is 1. The second-order valence-corrected chi connectivity index (χ2v) is 7.36. The van der Waals surface area contributed by atoms with Crippen LogP contribution >= 0.6 is 0 Å². The lowest BCUT2D eigenvalue weighted by molar-refractivity contribution is -0.135. The highest BCUT2D eigenvalue weighted by Gasteiger charge is 2.30. The van der Waals surface area contributed by atoms with E-state index >= 15 is 0 Å². The summed E-state index contributed by atoms with van der Waals surface area (Å²) in [5.41, 5.74) is 0. The maximum Gasteiger partial charge on any atom is 0.237 e. The van der Waals surface area contributed by atoms with Crippen molar-refractivity contribution in [2.24, 2.45) is 11.8 Å². The summed E-state index contributed by atoms with van der Waals surface area (Å²) in [6.07, 6.45) is 9.17. The Morgan fingerprint density at radius 2 is 1.96 bits per heavy atom. The summed E-state index contributed by atoms with van der Waals surface area (Å²) >= 11 is 0. The predicted octanol–water partition coefficient (Wildman–Crippen LogP) is 1.92. The SMILES string of the molecule is C#CC(C(=O)N1CCC(c2nccc(N3CCOCC3)n2)CC1)C(C)C. The van der Waals surface area contributed by atoms with Gasteiger partial charge in [-0.15, -0.1) is 6.42 Å². The normalized spacial score (nSPS) is 20.1. The van der Waals surface area contributed by atoms with Gasteiger partial charge in [-0.05, 0) is 24.8 Å². The number of ether oxygens (including phenoxy) is 1. The molecule has 0 N–H and O–H groups in total. The number of nitrogens with zero attached hydrogens (tertiary/aromatic N) is 4. The number of hydrogen-bond donors (Lipinski definition) is 0. The topological polar surface area (TPSA) is 58.6 Å². The molecule has 140 valence electrons. The molecule has 3 heterocycles. The van der Waals surface area contributed by atoms with E-state index < -0.39 is 0 Å². The summed E-state index contributed by atoms with van der Waals surface area (Å²) in [5, 5.41) is 0. The van der Waals surface area contributed by atoms with Crippen LogP contribution in [0.15, 0.2) is 12.3 Å². The minimum absolute atomic E-state index is 0.0870. The van der Waals surface area contributed by atoms with Crippen molar-refractivity contribution in [3.8, 4) is 12.3 Å². The van der Waals surface area contributed by atoms with Crippen LogP contribution in [0.25, 0.3) is 0 Å². The van der Waals surface area contributed by atoms with Crippen molar-refractivity contribution >= 4 is 11.7 Å². The Kier molecular flexibility index (Phi) is 6.10. The Balaban J connectivity index is 1.61. The van der Waals surface area contributed by atoms with Crippen LogP contribution in [0.3, 0.4) is 0 Å². The average Bonchev–Trinajstić information content (AvgIpc) is 2.69. The Labute approximate surface area is 155 Å². The number of carbonyl (C=O) groups excluding carboxylic acids is 1. The molecule has 2 fully saturated rings. The number of terminal acetylenes is 1. The Bertz CT molecular complexity index is 656. The first-order chi connectivity index (χ1) is 12.6. The van der Waals surface area contributed by atoms with Crippen LogP contribution in [0.1, 0.15) is 38.4 Å². The van der Waals surface area contributed by atoms with E-state index in [-0.39, 0.29) is 17.7 Å². The fourth-order valence-electron chi connectivity index (χ4n) is 3.63. The second kappa shape index (κ2) is 8.50. The van der Waals surface area contributed by atoms with Gasteiger partial charge >= 0.3 is 0 Å². The minimum Gasteiger partial charge on any atom is -0.378 e. The highest BCUT2D eigenvalue weighted by Crippen LogP contribution is 2.28. The van der Waals surface area contributed by atoms with Gasteiger partial charge in [-0.3, -0.25) is 4.79 Å². The summed E-state index contributed by atoms with van der Waals surface area (Å²) in [7, 11) is 0. The van der Waals surface area contributed by atoms with Gasteiger partial charge in [0, 0.05) is 38.3 Å². The first kappa shape index (κ1) is 18.7. The van der Waals surface area contributed by atoms with E-state index in [0.29, 0.717) is 5.92 Å². The minimum atomic E-state index is -0.326. The van der Waals surface area contributed by atoms with E-state index in [9.17, 15) is 4.79 Å². The summed E-state index contributed by atoms with van der Waals surface area (Å²) < 4.78 is 5.41. The van der Waals surface area contributed by atoms with Gasteiger partial charge in [-0.1, -0.05) is 19.8 Å². The number of piperidine rings is 1. The molecule has 0 spiro atoms. The van der Waals surface area contributed by atoms with Gasteiger partial charge < -0.3 is 14.5 Å². The van der Waals surface area contributed by atoms with Gasteiger partial charge in [0.1, 0.15) is 17.6 Å². The van der Waals surface area contributed by atoms with Gasteiger partial charge in [-0.25, -0.2) is 9.97 Å². The van der Waals surface area contributed by atoms with E-state index in [4.69, 9.17) is 16.1 Å². The molecule has 1 aromatic heterocycles. The quantitative estimate of drug-likeness (QED) is 0.772. The van der Waals surface area contributed by atoms with Crippen molar-refractivity contribution in [1.29, 1.82) is 0 Å². The lowest BCUT2D eigenvalue weighted by atomic mass is 9.91. The Morgan fingerprint density at radius 3 is 2.58 bits per heavy atom. The molecule has 0 radical (unpaired) electrons. The van der Waals surface area contributed by atoms with Crippen LogP contribution in [0.4, 0.5) is 5.82 Å². The van der Waals surface area contributed by atoms with Crippen LogP contribution in [0, 0.1) is 24.2 Å². The number of anilines is 1. The summed E-state index contributed by atoms with van der Waals surface area (Å²) in [5.74, 6) is 4.74. The molecule has 0 aliphatic carbocycles. The lowest BCUT2D eigenvalue weighted by Gasteiger charge is -2.34. The standard InChI is InChI=1S/C20H28N4O2/c1-4-17(15(2)3)20(25)24-9-6-16(7-10-24)19-21-8-5-18(22-19)23-11-13-26-14-12-23/h1,5,8,15-17H,6-7,9-14H2,2-3H3. The van der Waals surface area contributed by atoms with Gasteiger partial charge in [0.15, 0.2) is 0 Å². The van der Waals surface area contributed by atoms with Crippen molar-refractivity contribution in [2.45, 2.75) is 32.6 Å². The molecule has 1 aromatic rings. The second-order valence-electron chi connectivity index (χ2n) is 7.36. The van der Waals surface area contributed by atoms with Crippen LogP contribution in [-0.4, -0.2) is 60.2 Å². The fourth-order valence-corrected chi connectivity index (χ4v) is 3.63. The molecule has 6 nitrogen and oxygen atoms in total. The smallest absolute Gasteiger partial charge is 0.237 e. The van der Waals surface area contributed by atoms with Gasteiger partial charge in [-0.2, -0.15) is 0 Å². The highest BCUT2D eigenvalue weighted by atomic mass is 16.5. The molecule has 0 bridgehead atoms. The fraction of sp³-hybridized carbons (Fsp3) is 0.650. The van der Waals surface area contributed by atoms with Crippen molar-refractivity contribution in [1.82, 2.24) is 14.9 Å². The Morgan fingerprint density at radius 1 is 1.27 bits per heavy atom. The summed E-state index contributed by atoms with van der Waals surface area (Å²) in [6.45, 7) is 8.66. The number of aromatic nitrogens is 2. The molecule has 3 rings (SSSR count). The van der Waals surface area contributed by atoms with Gasteiger partial charge in [0.05, 0.1) is 13.2 Å². The van der Waals surface area contributed by atoms with Crippen molar-refractivity contribution in [2.75, 3.05) is 44.3 Å². The highest BCUT2D eigenvalue weighted by molar-refractivity contribution is 5.81. The number of carbonyl (C=O) groups is 1. The molecular formula is C20H28N4O2. The number of rotatable bonds is 4. The summed E-state index contributed by atoms with van der Waals surface area (Å²) in [6, 6.07) is 1.97. The molecule has 1 atom stereocenters. The van der Waals surface area contributed by atoms with E-state index in [1.165, 1.54) is 0 Å². The monoisotopic (exact) mass is 356 g/mol. The predicted molar refractivity (Wildman–Crippen MR) is 101 cm³/mol. The van der Waals surface area contributed by atoms with E-state index in [1.54, 1.807) is 0 Å². The van der Waals surface area contributed by atoms with Crippen LogP contribution in [0.2, 0.25) is 0 Å². The third kappa shape index (κ3) is 4.16. The molecule has 0 aromatic carbocycles. The first-order valence-corrected chi connectivity index (χ1v) is 9.50.